The van der Waals surface area contributed by atoms with E-state index in [-0.39, 0.29) is 32.2 Å². The van der Waals surface area contributed by atoms with Gasteiger partial charge in [0.05, 0.1) is 57.8 Å². The van der Waals surface area contributed by atoms with Crippen LogP contribution in [0.3, 0.4) is 0 Å². The van der Waals surface area contributed by atoms with Crippen molar-refractivity contribution in [3.63, 3.8) is 0 Å². The molecule has 1 aliphatic heterocycles. The molecular formula is C39H51N9O8. The SMILES string of the molecule is CCCN(C/C=N/C=C(\NC)c1ccc(-c2ccc(-c3cnc([C@@H]4CN(C(=O)OC(C)(C)C)CN4C(=O)CNC(=O)OC)[nH]3)cc2)cc1)C(=O)CNC(=O)OC. The van der Waals surface area contributed by atoms with Crippen molar-refractivity contribution in [2.75, 3.05) is 60.7 Å². The van der Waals surface area contributed by atoms with E-state index in [1.54, 1.807) is 44.3 Å². The molecule has 0 spiro atoms. The molecular weight excluding hydrogens is 722 g/mol. The second-order valence-electron chi connectivity index (χ2n) is 13.7. The first-order chi connectivity index (χ1) is 26.8. The fourth-order valence-corrected chi connectivity index (χ4v) is 5.73. The van der Waals surface area contributed by atoms with Crippen molar-refractivity contribution in [2.24, 2.45) is 4.99 Å². The van der Waals surface area contributed by atoms with Gasteiger partial charge in [-0.25, -0.2) is 19.4 Å². The standard InChI is InChI=1S/C39H51N9O8/c1-8-18-46(33(49)22-43-36(51)54-6)19-17-41-20-30(40-5)28-13-9-26(10-14-28)27-11-15-29(16-12-27)31-21-42-35(45-31)32-24-47(38(53)56-39(2,3)4)25-48(32)34(50)23-44-37(52)55-7/h9-17,20-21,32,40H,8,18-19,22-25H2,1-7H3,(H,42,45)(H,43,51)(H,44,52)/b30-20-,41-17+/t32-/m0/s1. The van der Waals surface area contributed by atoms with E-state index in [2.05, 4.69) is 40.4 Å². The predicted octanol–water partition coefficient (Wildman–Crippen LogP) is 4.36. The largest absolute Gasteiger partial charge is 0.453 e. The van der Waals surface area contributed by atoms with Gasteiger partial charge in [0, 0.05) is 19.8 Å². The Hall–Kier alpha value is -6.39. The van der Waals surface area contributed by atoms with Crippen LogP contribution < -0.4 is 16.0 Å². The lowest BCUT2D eigenvalue weighted by Crippen LogP contribution is -2.42. The summed E-state index contributed by atoms with van der Waals surface area (Å²) in [4.78, 5) is 78.4. The number of imidazole rings is 1. The number of alkyl carbamates (subject to hydrolysis) is 2. The van der Waals surface area contributed by atoms with Gasteiger partial charge >= 0.3 is 18.3 Å². The number of benzene rings is 2. The number of carbonyl (C=O) groups excluding carboxylic acids is 5. The molecule has 0 aliphatic carbocycles. The number of aromatic amines is 1. The zero-order valence-electron chi connectivity index (χ0n) is 32.9. The number of hydrogen-bond donors (Lipinski definition) is 4. The van der Waals surface area contributed by atoms with Gasteiger partial charge in [0.2, 0.25) is 11.8 Å². The average Bonchev–Trinajstić information content (AvgIpc) is 3.87. The second kappa shape index (κ2) is 19.8. The van der Waals surface area contributed by atoms with E-state index >= 15 is 0 Å². The number of aromatic nitrogens is 2. The van der Waals surface area contributed by atoms with Crippen molar-refractivity contribution in [3.05, 3.63) is 72.3 Å². The summed E-state index contributed by atoms with van der Waals surface area (Å²) in [6.45, 7) is 7.72. The molecule has 1 fully saturated rings. The van der Waals surface area contributed by atoms with Crippen LogP contribution in [0.15, 0.2) is 65.9 Å². The molecule has 3 aromatic rings. The molecule has 4 rings (SSSR count). The molecule has 1 aliphatic rings. The van der Waals surface area contributed by atoms with Crippen molar-refractivity contribution in [2.45, 2.75) is 45.8 Å². The summed E-state index contributed by atoms with van der Waals surface area (Å²) in [5.41, 5.74) is 4.58. The monoisotopic (exact) mass is 773 g/mol. The topological polar surface area (TPSA) is 200 Å². The molecule has 0 unspecified atom stereocenters. The highest BCUT2D eigenvalue weighted by atomic mass is 16.6. The van der Waals surface area contributed by atoms with Crippen LogP contribution in [-0.2, 0) is 23.8 Å². The van der Waals surface area contributed by atoms with Crippen molar-refractivity contribution >= 4 is 42.0 Å². The van der Waals surface area contributed by atoms with Gasteiger partial charge < -0.3 is 44.9 Å². The molecule has 5 amide bonds. The van der Waals surface area contributed by atoms with Gasteiger partial charge in [-0.05, 0) is 49.4 Å². The van der Waals surface area contributed by atoms with Gasteiger partial charge in [0.15, 0.2) is 0 Å². The van der Waals surface area contributed by atoms with E-state index in [0.717, 1.165) is 40.1 Å². The Labute approximate surface area is 326 Å². The zero-order chi connectivity index (χ0) is 40.8. The third-order valence-corrected chi connectivity index (χ3v) is 8.57. The van der Waals surface area contributed by atoms with Crippen molar-refractivity contribution < 1.29 is 38.2 Å². The van der Waals surface area contributed by atoms with Crippen LogP contribution in [0.4, 0.5) is 14.4 Å². The van der Waals surface area contributed by atoms with Crippen molar-refractivity contribution in [1.29, 1.82) is 0 Å². The number of H-pyrrole nitrogens is 1. The molecule has 1 atom stereocenters. The minimum Gasteiger partial charge on any atom is -0.453 e. The smallest absolute Gasteiger partial charge is 0.411 e. The highest BCUT2D eigenvalue weighted by molar-refractivity contribution is 5.85. The number of amides is 5. The van der Waals surface area contributed by atoms with Crippen LogP contribution in [0.2, 0.25) is 0 Å². The Morgan fingerprint density at radius 3 is 2.14 bits per heavy atom. The lowest BCUT2D eigenvalue weighted by Gasteiger charge is -2.24. The minimum absolute atomic E-state index is 0.0392. The summed E-state index contributed by atoms with van der Waals surface area (Å²) < 4.78 is 14.7. The van der Waals surface area contributed by atoms with Crippen LogP contribution >= 0.6 is 0 Å². The van der Waals surface area contributed by atoms with E-state index in [9.17, 15) is 24.0 Å². The van der Waals surface area contributed by atoms with Crippen molar-refractivity contribution in [3.8, 4) is 22.4 Å². The maximum Gasteiger partial charge on any atom is 0.411 e. The summed E-state index contributed by atoms with van der Waals surface area (Å²) in [6.07, 6.45) is 3.82. The van der Waals surface area contributed by atoms with Crippen LogP contribution in [0.1, 0.15) is 51.5 Å². The zero-order valence-corrected chi connectivity index (χ0v) is 32.9. The highest BCUT2D eigenvalue weighted by Gasteiger charge is 2.40. The summed E-state index contributed by atoms with van der Waals surface area (Å²) in [6, 6.07) is 15.3. The Balaban J connectivity index is 1.43. The van der Waals surface area contributed by atoms with Crippen LogP contribution in [0.25, 0.3) is 28.1 Å². The maximum absolute atomic E-state index is 13.2. The number of rotatable bonds is 14. The number of methoxy groups -OCH3 is 2. The third-order valence-electron chi connectivity index (χ3n) is 8.57. The molecule has 2 heterocycles. The summed E-state index contributed by atoms with van der Waals surface area (Å²) in [5.74, 6) is -0.168. The Morgan fingerprint density at radius 2 is 1.55 bits per heavy atom. The fraction of sp³-hybridized carbons (Fsp3) is 0.410. The van der Waals surface area contributed by atoms with Gasteiger partial charge in [-0.15, -0.1) is 0 Å². The normalized spacial score (nSPS) is 14.3. The van der Waals surface area contributed by atoms with E-state index in [1.165, 1.54) is 24.0 Å². The van der Waals surface area contributed by atoms with Gasteiger partial charge in [0.25, 0.3) is 0 Å². The fourth-order valence-electron chi connectivity index (χ4n) is 5.73. The third kappa shape index (κ3) is 11.8. The number of nitrogens with zero attached hydrogens (tertiary/aromatic N) is 5. The number of carbonyl (C=O) groups is 5. The van der Waals surface area contributed by atoms with Crippen LogP contribution in [0, 0.1) is 0 Å². The van der Waals surface area contributed by atoms with Gasteiger partial charge in [-0.3, -0.25) is 19.5 Å². The van der Waals surface area contributed by atoms with E-state index < -0.39 is 35.8 Å². The number of hydrogen-bond acceptors (Lipinski definition) is 11. The summed E-state index contributed by atoms with van der Waals surface area (Å²) >= 11 is 0. The van der Waals surface area contributed by atoms with Crippen molar-refractivity contribution in [1.82, 2.24) is 40.6 Å². The maximum atomic E-state index is 13.2. The Morgan fingerprint density at radius 1 is 0.946 bits per heavy atom. The second-order valence-corrected chi connectivity index (χ2v) is 13.7. The first kappa shape index (κ1) is 42.4. The first-order valence-corrected chi connectivity index (χ1v) is 18.1. The average molecular weight is 774 g/mol. The minimum atomic E-state index is -0.742. The highest BCUT2D eigenvalue weighted by Crippen LogP contribution is 2.30. The molecule has 0 bridgehead atoms. The molecule has 17 nitrogen and oxygen atoms in total. The molecule has 1 aromatic heterocycles. The molecule has 17 heteroatoms. The number of nitrogens with one attached hydrogen (secondary N) is 4. The summed E-state index contributed by atoms with van der Waals surface area (Å²) in [7, 11) is 4.26. The van der Waals surface area contributed by atoms with Crippen LogP contribution in [0.5, 0.6) is 0 Å². The molecule has 0 saturated carbocycles. The predicted molar refractivity (Wildman–Crippen MR) is 210 cm³/mol. The van der Waals surface area contributed by atoms with Gasteiger partial charge in [0.1, 0.15) is 30.6 Å². The molecule has 4 N–H and O–H groups in total. The number of ether oxygens (including phenoxy) is 3. The molecule has 300 valence electrons. The molecule has 0 radical (unpaired) electrons. The van der Waals surface area contributed by atoms with Gasteiger partial charge in [-0.1, -0.05) is 55.5 Å². The molecule has 56 heavy (non-hydrogen) atoms. The van der Waals surface area contributed by atoms with Gasteiger partial charge in [-0.2, -0.15) is 0 Å². The lowest BCUT2D eigenvalue weighted by atomic mass is 10.0. The molecule has 1 saturated heterocycles. The number of aliphatic imine (C=N–C) groups is 1. The van der Waals surface area contributed by atoms with E-state index in [1.807, 2.05) is 62.5 Å². The van der Waals surface area contributed by atoms with Crippen LogP contribution in [-0.4, -0.2) is 127 Å². The van der Waals surface area contributed by atoms with E-state index in [0.29, 0.717) is 18.9 Å². The van der Waals surface area contributed by atoms with E-state index in [4.69, 9.17) is 4.74 Å². The lowest BCUT2D eigenvalue weighted by molar-refractivity contribution is -0.131. The Bertz CT molecular complexity index is 1880. The Kier molecular flexibility index (Phi) is 15.0. The first-order valence-electron chi connectivity index (χ1n) is 18.1. The quantitative estimate of drug-likeness (QED) is 0.135. The summed E-state index contributed by atoms with van der Waals surface area (Å²) in [5, 5.41) is 7.98. The molecule has 2 aromatic carbocycles.